The molecule has 3 nitrogen and oxygen atoms in total. The smallest absolute Gasteiger partial charge is 0.179 e. The van der Waals surface area contributed by atoms with Crippen LogP contribution < -0.4 is 0 Å². The van der Waals surface area contributed by atoms with Crippen molar-refractivity contribution in [3.8, 4) is 0 Å². The van der Waals surface area contributed by atoms with Crippen LogP contribution in [-0.4, -0.2) is 43.5 Å². The molecule has 1 aromatic carbocycles. The Bertz CT molecular complexity index is 437. The highest BCUT2D eigenvalue weighted by Gasteiger charge is 2.20. The quantitative estimate of drug-likeness (QED) is 0.563. The van der Waals surface area contributed by atoms with Crippen LogP contribution in [0.2, 0.25) is 0 Å². The third-order valence-electron chi connectivity index (χ3n) is 3.04. The first-order valence-corrected chi connectivity index (χ1v) is 6.24. The average molecular weight is 271 g/mol. The molecule has 0 aliphatic heterocycles. The minimum absolute atomic E-state index is 0.176. The molecule has 1 unspecified atom stereocenters. The van der Waals surface area contributed by atoms with Crippen molar-refractivity contribution in [3.63, 3.8) is 0 Å². The highest BCUT2D eigenvalue weighted by Crippen LogP contribution is 2.12. The van der Waals surface area contributed by atoms with Crippen LogP contribution in [0.25, 0.3) is 0 Å². The largest absolute Gasteiger partial charge is 0.380 e. The predicted molar refractivity (Wildman–Crippen MR) is 69.3 cm³/mol. The van der Waals surface area contributed by atoms with Gasteiger partial charge in [-0.1, -0.05) is 0 Å². The summed E-state index contributed by atoms with van der Waals surface area (Å²) in [6.07, 6.45) is 0. The van der Waals surface area contributed by atoms with E-state index in [4.69, 9.17) is 4.74 Å². The van der Waals surface area contributed by atoms with Crippen LogP contribution in [0.1, 0.15) is 24.2 Å². The van der Waals surface area contributed by atoms with Crippen molar-refractivity contribution >= 4 is 5.78 Å². The monoisotopic (exact) mass is 271 g/mol. The number of rotatable bonds is 7. The van der Waals surface area contributed by atoms with Crippen LogP contribution in [-0.2, 0) is 4.74 Å². The van der Waals surface area contributed by atoms with E-state index in [0.29, 0.717) is 19.8 Å². The summed E-state index contributed by atoms with van der Waals surface area (Å²) in [5.41, 5.74) is 0.176. The molecule has 0 N–H and O–H groups in total. The fourth-order valence-electron chi connectivity index (χ4n) is 1.64. The lowest BCUT2D eigenvalue weighted by atomic mass is 10.0. The van der Waals surface area contributed by atoms with Gasteiger partial charge in [-0.25, -0.2) is 8.78 Å². The van der Waals surface area contributed by atoms with E-state index in [9.17, 15) is 13.6 Å². The van der Waals surface area contributed by atoms with Gasteiger partial charge in [0.05, 0.1) is 12.6 Å². The van der Waals surface area contributed by atoms with Crippen LogP contribution in [0.15, 0.2) is 18.2 Å². The molecular formula is C14H19F2NO2. The standard InChI is InChI=1S/C14H19F2NO2/c1-4-19-8-7-17(3)10(2)14(18)11-5-6-12(15)13(16)9-11/h5-6,9-10H,4,7-8H2,1-3H3. The molecule has 1 atom stereocenters. The van der Waals surface area contributed by atoms with E-state index in [0.717, 1.165) is 12.1 Å². The van der Waals surface area contributed by atoms with Crippen LogP contribution in [0.3, 0.4) is 0 Å². The van der Waals surface area contributed by atoms with Gasteiger partial charge in [0, 0.05) is 18.7 Å². The number of hydrogen-bond donors (Lipinski definition) is 0. The summed E-state index contributed by atoms with van der Waals surface area (Å²) in [7, 11) is 1.79. The van der Waals surface area contributed by atoms with E-state index >= 15 is 0 Å². The van der Waals surface area contributed by atoms with Gasteiger partial charge in [0.1, 0.15) is 0 Å². The first-order chi connectivity index (χ1) is 8.97. The minimum atomic E-state index is -1.00. The molecule has 106 valence electrons. The summed E-state index contributed by atoms with van der Waals surface area (Å²) < 4.78 is 31.1. The van der Waals surface area contributed by atoms with Gasteiger partial charge in [0.15, 0.2) is 17.4 Å². The molecule has 0 amide bonds. The fraction of sp³-hybridized carbons (Fsp3) is 0.500. The second-order valence-electron chi connectivity index (χ2n) is 4.35. The molecule has 0 aliphatic carbocycles. The normalized spacial score (nSPS) is 12.7. The zero-order valence-corrected chi connectivity index (χ0v) is 11.5. The molecule has 1 rings (SSSR count). The summed E-state index contributed by atoms with van der Waals surface area (Å²) >= 11 is 0. The number of Topliss-reactive ketones (excluding diaryl/α,β-unsaturated/α-hetero) is 1. The van der Waals surface area contributed by atoms with E-state index in [1.54, 1.807) is 14.0 Å². The molecule has 0 spiro atoms. The van der Waals surface area contributed by atoms with Crippen LogP contribution >= 0.6 is 0 Å². The Labute approximate surface area is 112 Å². The van der Waals surface area contributed by atoms with Gasteiger partial charge >= 0.3 is 0 Å². The zero-order valence-electron chi connectivity index (χ0n) is 11.5. The summed E-state index contributed by atoms with van der Waals surface area (Å²) in [4.78, 5) is 13.9. The van der Waals surface area contributed by atoms with Crippen LogP contribution in [0, 0.1) is 11.6 Å². The average Bonchev–Trinajstić information content (AvgIpc) is 2.40. The predicted octanol–water partition coefficient (Wildman–Crippen LogP) is 2.50. The molecule has 0 radical (unpaired) electrons. The molecule has 0 aliphatic rings. The third-order valence-corrected chi connectivity index (χ3v) is 3.04. The number of halogens is 2. The highest BCUT2D eigenvalue weighted by atomic mass is 19.2. The Hall–Kier alpha value is -1.33. The molecule has 0 saturated carbocycles. The molecule has 0 fully saturated rings. The van der Waals surface area contributed by atoms with Gasteiger partial charge < -0.3 is 4.74 Å². The summed E-state index contributed by atoms with van der Waals surface area (Å²) in [6, 6.07) is 2.79. The van der Waals surface area contributed by atoms with Gasteiger partial charge in [0.25, 0.3) is 0 Å². The minimum Gasteiger partial charge on any atom is -0.380 e. The molecule has 0 saturated heterocycles. The number of nitrogens with zero attached hydrogens (tertiary/aromatic N) is 1. The van der Waals surface area contributed by atoms with Crippen LogP contribution in [0.4, 0.5) is 8.78 Å². The van der Waals surface area contributed by atoms with E-state index < -0.39 is 17.7 Å². The van der Waals surface area contributed by atoms with E-state index in [1.165, 1.54) is 6.07 Å². The number of likely N-dealkylation sites (N-methyl/N-ethyl adjacent to an activating group) is 1. The van der Waals surface area contributed by atoms with Gasteiger partial charge in [-0.2, -0.15) is 0 Å². The summed E-state index contributed by atoms with van der Waals surface area (Å²) in [5.74, 6) is -2.19. The Balaban J connectivity index is 2.67. The lowest BCUT2D eigenvalue weighted by molar-refractivity contribution is 0.0788. The fourth-order valence-corrected chi connectivity index (χ4v) is 1.64. The number of ether oxygens (including phenoxy) is 1. The van der Waals surface area contributed by atoms with Gasteiger partial charge in [-0.15, -0.1) is 0 Å². The number of ketones is 1. The lowest BCUT2D eigenvalue weighted by Crippen LogP contribution is -2.38. The van der Waals surface area contributed by atoms with Crippen molar-refractivity contribution in [2.45, 2.75) is 19.9 Å². The van der Waals surface area contributed by atoms with Gasteiger partial charge in [0.2, 0.25) is 0 Å². The van der Waals surface area contributed by atoms with Gasteiger partial charge in [-0.05, 0) is 39.1 Å². The van der Waals surface area contributed by atoms with Crippen molar-refractivity contribution in [2.75, 3.05) is 26.8 Å². The van der Waals surface area contributed by atoms with Crippen molar-refractivity contribution < 1.29 is 18.3 Å². The Morgan fingerprint density at radius 3 is 2.63 bits per heavy atom. The van der Waals surface area contributed by atoms with Crippen molar-refractivity contribution in [1.82, 2.24) is 4.90 Å². The summed E-state index contributed by atoms with van der Waals surface area (Å²) in [6.45, 7) is 5.39. The molecule has 0 aromatic heterocycles. The topological polar surface area (TPSA) is 29.5 Å². The van der Waals surface area contributed by atoms with E-state index in [2.05, 4.69) is 0 Å². The second kappa shape index (κ2) is 7.31. The Kier molecular flexibility index (Phi) is 6.05. The van der Waals surface area contributed by atoms with Crippen molar-refractivity contribution in [3.05, 3.63) is 35.4 Å². The second-order valence-corrected chi connectivity index (χ2v) is 4.35. The van der Waals surface area contributed by atoms with Crippen molar-refractivity contribution in [2.24, 2.45) is 0 Å². The number of hydrogen-bond acceptors (Lipinski definition) is 3. The molecule has 0 bridgehead atoms. The molecule has 1 aromatic rings. The summed E-state index contributed by atoms with van der Waals surface area (Å²) in [5, 5.41) is 0. The SMILES string of the molecule is CCOCCN(C)C(C)C(=O)c1ccc(F)c(F)c1. The third kappa shape index (κ3) is 4.36. The number of carbonyl (C=O) groups excluding carboxylic acids is 1. The molecule has 19 heavy (non-hydrogen) atoms. The highest BCUT2D eigenvalue weighted by molar-refractivity contribution is 5.99. The first kappa shape index (κ1) is 15.7. The van der Waals surface area contributed by atoms with Crippen LogP contribution in [0.5, 0.6) is 0 Å². The maximum atomic E-state index is 13.1. The number of carbonyl (C=O) groups is 1. The van der Waals surface area contributed by atoms with Gasteiger partial charge in [-0.3, -0.25) is 9.69 Å². The first-order valence-electron chi connectivity index (χ1n) is 6.24. The zero-order chi connectivity index (χ0) is 14.4. The van der Waals surface area contributed by atoms with Crippen molar-refractivity contribution in [1.29, 1.82) is 0 Å². The molecule has 5 heteroatoms. The Morgan fingerprint density at radius 2 is 2.05 bits per heavy atom. The lowest BCUT2D eigenvalue weighted by Gasteiger charge is -2.23. The Morgan fingerprint density at radius 1 is 1.37 bits per heavy atom. The van der Waals surface area contributed by atoms with E-state index in [1.807, 2.05) is 11.8 Å². The maximum Gasteiger partial charge on any atom is 0.179 e. The molecule has 0 heterocycles. The number of benzene rings is 1. The maximum absolute atomic E-state index is 13.1. The molecular weight excluding hydrogens is 252 g/mol. The van der Waals surface area contributed by atoms with E-state index in [-0.39, 0.29) is 11.3 Å².